The van der Waals surface area contributed by atoms with Crippen molar-refractivity contribution in [1.29, 1.82) is 0 Å². The minimum atomic E-state index is -0.140. The molecule has 0 saturated heterocycles. The second-order valence-corrected chi connectivity index (χ2v) is 15.2. The molecule has 0 aliphatic heterocycles. The molecule has 0 heterocycles. The van der Waals surface area contributed by atoms with E-state index in [-0.39, 0.29) is 35.9 Å². The lowest BCUT2D eigenvalue weighted by Gasteiger charge is -2.24. The quantitative estimate of drug-likeness (QED) is 0.108. The first-order valence-electron chi connectivity index (χ1n) is 17.8. The molecule has 0 aromatic heterocycles. The summed E-state index contributed by atoms with van der Waals surface area (Å²) in [7, 11) is 1.62. The summed E-state index contributed by atoms with van der Waals surface area (Å²) in [6, 6.07) is 5.64. The summed E-state index contributed by atoms with van der Waals surface area (Å²) in [5.41, 5.74) is 1.18. The summed E-state index contributed by atoms with van der Waals surface area (Å²) < 4.78 is 43.6. The van der Waals surface area contributed by atoms with E-state index < -0.39 is 0 Å². The minimum absolute atomic E-state index is 0.140. The first-order valence-corrected chi connectivity index (χ1v) is 17.8. The van der Waals surface area contributed by atoms with Crippen LogP contribution >= 0.6 is 0 Å². The molecular weight excluding hydrogens is 608 g/mol. The minimum Gasteiger partial charge on any atom is -0.493 e. The van der Waals surface area contributed by atoms with E-state index in [1.807, 2.05) is 18.2 Å². The number of aryl methyl sites for hydroxylation is 1. The summed E-state index contributed by atoms with van der Waals surface area (Å²) in [5, 5.41) is 0. The van der Waals surface area contributed by atoms with Crippen LogP contribution in [0.1, 0.15) is 105 Å². The maximum atomic E-state index is 14.6. The van der Waals surface area contributed by atoms with E-state index in [2.05, 4.69) is 83.1 Å². The SMILES string of the molecule is COc1cc(OCC(C)C)cc(CCC(=O)c2c(OCC(C)C)c(OCC(C)C)cc(OCC(C)C)c2OCC(C)C)c1OCC(C)C. The summed E-state index contributed by atoms with van der Waals surface area (Å²) in [6.45, 7) is 27.9. The van der Waals surface area contributed by atoms with Gasteiger partial charge in [-0.25, -0.2) is 0 Å². The van der Waals surface area contributed by atoms with Gasteiger partial charge in [-0.15, -0.1) is 0 Å². The van der Waals surface area contributed by atoms with Gasteiger partial charge in [-0.1, -0.05) is 83.1 Å². The molecule has 0 aliphatic carbocycles. The van der Waals surface area contributed by atoms with Gasteiger partial charge in [0.25, 0.3) is 0 Å². The van der Waals surface area contributed by atoms with Gasteiger partial charge in [0.15, 0.2) is 40.3 Å². The molecule has 2 aromatic rings. The molecule has 2 rings (SSSR count). The fourth-order valence-corrected chi connectivity index (χ4v) is 4.47. The number of ether oxygens (including phenoxy) is 7. The van der Waals surface area contributed by atoms with Crippen LogP contribution in [0.5, 0.6) is 40.2 Å². The molecule has 0 atom stereocenters. The highest BCUT2D eigenvalue weighted by Gasteiger charge is 2.29. The largest absolute Gasteiger partial charge is 0.493 e. The van der Waals surface area contributed by atoms with Crippen LogP contribution in [0.15, 0.2) is 18.2 Å². The summed E-state index contributed by atoms with van der Waals surface area (Å²) in [6.07, 6.45) is 0.538. The number of hydrogen-bond acceptors (Lipinski definition) is 8. The number of carbonyl (C=O) groups is 1. The van der Waals surface area contributed by atoms with Crippen molar-refractivity contribution in [1.82, 2.24) is 0 Å². The van der Waals surface area contributed by atoms with Gasteiger partial charge in [0.2, 0.25) is 0 Å². The lowest BCUT2D eigenvalue weighted by molar-refractivity contribution is 0.0968. The molecule has 0 unspecified atom stereocenters. The zero-order valence-electron chi connectivity index (χ0n) is 32.1. The second-order valence-electron chi connectivity index (χ2n) is 15.2. The van der Waals surface area contributed by atoms with Crippen molar-refractivity contribution in [2.24, 2.45) is 35.5 Å². The van der Waals surface area contributed by atoms with Crippen molar-refractivity contribution in [2.45, 2.75) is 95.9 Å². The number of carbonyl (C=O) groups excluding carboxylic acids is 1. The Hall–Kier alpha value is -3.29. The monoisotopic (exact) mass is 672 g/mol. The molecule has 0 amide bonds. The molecule has 0 aliphatic rings. The third-order valence-corrected chi connectivity index (χ3v) is 6.80. The molecule has 0 N–H and O–H groups in total. The van der Waals surface area contributed by atoms with Crippen molar-refractivity contribution in [3.8, 4) is 40.2 Å². The standard InChI is InChI=1S/C40H64O8/c1-25(2)19-43-32-16-31(38(34(17-32)42-13)46-22-28(7)8)14-15-33(41)37-39(47-23-29(9)10)35(44-20-26(3)4)18-36(45-21-27(5)6)40(37)48-24-30(11)12/h16-18,25-30H,14-15,19-24H2,1-13H3. The van der Waals surface area contributed by atoms with Gasteiger partial charge >= 0.3 is 0 Å². The number of methoxy groups -OCH3 is 1. The molecular formula is C40H64O8. The lowest BCUT2D eigenvalue weighted by Crippen LogP contribution is -2.17. The van der Waals surface area contributed by atoms with Gasteiger partial charge < -0.3 is 33.2 Å². The van der Waals surface area contributed by atoms with Crippen molar-refractivity contribution < 1.29 is 38.0 Å². The van der Waals surface area contributed by atoms with Gasteiger partial charge in [-0.05, 0) is 48.0 Å². The molecule has 272 valence electrons. The predicted octanol–water partition coefficient (Wildman–Crippen LogP) is 9.72. The lowest BCUT2D eigenvalue weighted by atomic mass is 9.98. The Morgan fingerprint density at radius 3 is 1.31 bits per heavy atom. The topological polar surface area (TPSA) is 81.7 Å². The Balaban J connectivity index is 2.73. The van der Waals surface area contributed by atoms with Crippen molar-refractivity contribution in [3.05, 3.63) is 29.3 Å². The molecule has 2 aromatic carbocycles. The molecule has 0 saturated carbocycles. The average molecular weight is 673 g/mol. The smallest absolute Gasteiger partial charge is 0.176 e. The first kappa shape index (κ1) is 40.9. The zero-order valence-corrected chi connectivity index (χ0v) is 32.1. The number of rotatable bonds is 23. The Bertz CT molecular complexity index is 1220. The summed E-state index contributed by atoms with van der Waals surface area (Å²) in [4.78, 5) is 14.6. The Labute approximate surface area is 291 Å². The molecule has 8 heteroatoms. The van der Waals surface area contributed by atoms with E-state index in [9.17, 15) is 4.79 Å². The predicted molar refractivity (Wildman–Crippen MR) is 194 cm³/mol. The van der Waals surface area contributed by atoms with Crippen LogP contribution in [0.2, 0.25) is 0 Å². The highest BCUT2D eigenvalue weighted by atomic mass is 16.5. The highest BCUT2D eigenvalue weighted by molar-refractivity contribution is 6.03. The molecule has 0 bridgehead atoms. The van der Waals surface area contributed by atoms with Crippen LogP contribution in [0.25, 0.3) is 0 Å². The first-order chi connectivity index (χ1) is 22.6. The summed E-state index contributed by atoms with van der Waals surface area (Å²) >= 11 is 0. The van der Waals surface area contributed by atoms with E-state index in [0.29, 0.717) is 104 Å². The van der Waals surface area contributed by atoms with E-state index in [4.69, 9.17) is 33.2 Å². The third-order valence-electron chi connectivity index (χ3n) is 6.80. The highest BCUT2D eigenvalue weighted by Crippen LogP contribution is 2.47. The van der Waals surface area contributed by atoms with Gasteiger partial charge in [-0.3, -0.25) is 4.79 Å². The van der Waals surface area contributed by atoms with Crippen molar-refractivity contribution in [3.63, 3.8) is 0 Å². The Morgan fingerprint density at radius 1 is 0.500 bits per heavy atom. The zero-order chi connectivity index (χ0) is 36.0. The van der Waals surface area contributed by atoms with E-state index in [1.165, 1.54) is 0 Å². The maximum absolute atomic E-state index is 14.6. The van der Waals surface area contributed by atoms with Crippen LogP contribution in [0, 0.1) is 35.5 Å². The van der Waals surface area contributed by atoms with Gasteiger partial charge in [0, 0.05) is 24.1 Å². The van der Waals surface area contributed by atoms with Crippen LogP contribution < -0.4 is 33.2 Å². The summed E-state index contributed by atoms with van der Waals surface area (Å²) in [5.74, 6) is 5.14. The molecule has 0 fully saturated rings. The third kappa shape index (κ3) is 13.7. The molecule has 0 spiro atoms. The van der Waals surface area contributed by atoms with Crippen molar-refractivity contribution in [2.75, 3.05) is 46.8 Å². The maximum Gasteiger partial charge on any atom is 0.176 e. The number of ketones is 1. The second kappa shape index (κ2) is 20.3. The van der Waals surface area contributed by atoms with Crippen LogP contribution in [-0.2, 0) is 6.42 Å². The van der Waals surface area contributed by atoms with Gasteiger partial charge in [-0.2, -0.15) is 0 Å². The van der Waals surface area contributed by atoms with E-state index in [1.54, 1.807) is 7.11 Å². The number of Topliss-reactive ketones (excluding diaryl/α,β-unsaturated/α-hetero) is 1. The van der Waals surface area contributed by atoms with E-state index >= 15 is 0 Å². The van der Waals surface area contributed by atoms with Crippen LogP contribution in [0.3, 0.4) is 0 Å². The average Bonchev–Trinajstić information content (AvgIpc) is 3.00. The molecule has 8 nitrogen and oxygen atoms in total. The number of hydrogen-bond donors (Lipinski definition) is 0. The van der Waals surface area contributed by atoms with Gasteiger partial charge in [0.1, 0.15) is 11.3 Å². The number of benzene rings is 2. The normalized spacial score (nSPS) is 11.6. The van der Waals surface area contributed by atoms with Crippen LogP contribution in [0.4, 0.5) is 0 Å². The van der Waals surface area contributed by atoms with E-state index in [0.717, 1.165) is 5.56 Å². The Kier molecular flexibility index (Phi) is 17.3. The van der Waals surface area contributed by atoms with Gasteiger partial charge in [0.05, 0.1) is 46.8 Å². The fraction of sp³-hybridized carbons (Fsp3) is 0.675. The molecule has 48 heavy (non-hydrogen) atoms. The Morgan fingerprint density at radius 2 is 0.896 bits per heavy atom. The fourth-order valence-electron chi connectivity index (χ4n) is 4.47. The molecule has 0 radical (unpaired) electrons. The van der Waals surface area contributed by atoms with Crippen LogP contribution in [-0.4, -0.2) is 52.5 Å². The van der Waals surface area contributed by atoms with Crippen molar-refractivity contribution >= 4 is 5.78 Å².